The van der Waals surface area contributed by atoms with Crippen LogP contribution >= 0.6 is 0 Å². The van der Waals surface area contributed by atoms with Crippen molar-refractivity contribution in [2.75, 3.05) is 72.0 Å². The summed E-state index contributed by atoms with van der Waals surface area (Å²) in [5, 5.41) is 0. The molecule has 67 heavy (non-hydrogen) atoms. The van der Waals surface area contributed by atoms with E-state index >= 15 is 0 Å². The van der Waals surface area contributed by atoms with Crippen LogP contribution < -0.4 is 0 Å². The summed E-state index contributed by atoms with van der Waals surface area (Å²) in [4.78, 5) is 74.1. The zero-order chi connectivity index (χ0) is 49.8. The highest BCUT2D eigenvalue weighted by molar-refractivity contribution is 5.73. The van der Waals surface area contributed by atoms with Gasteiger partial charge in [-0.15, -0.1) is 0 Å². The van der Waals surface area contributed by atoms with Crippen molar-refractivity contribution >= 4 is 35.9 Å². The summed E-state index contributed by atoms with van der Waals surface area (Å²) >= 11 is 0. The van der Waals surface area contributed by atoms with Gasteiger partial charge in [-0.1, -0.05) is 66.7 Å². The molecule has 2 aromatic carbocycles. The van der Waals surface area contributed by atoms with E-state index < -0.39 is 22.4 Å². The highest BCUT2D eigenvalue weighted by Crippen LogP contribution is 2.19. The minimum absolute atomic E-state index is 0.00228. The van der Waals surface area contributed by atoms with Crippen molar-refractivity contribution in [1.82, 2.24) is 19.6 Å². The van der Waals surface area contributed by atoms with E-state index in [4.69, 9.17) is 23.7 Å². The summed E-state index contributed by atoms with van der Waals surface area (Å²) < 4.78 is 28.6. The summed E-state index contributed by atoms with van der Waals surface area (Å²) in [5.74, 6) is -1.69. The Balaban J connectivity index is 1.90. The number of carbonyl (C=O) groups excluding carboxylic acids is 5. The number of hydrogen-bond acceptors (Lipinski definition) is 14. The molecule has 0 spiro atoms. The first kappa shape index (κ1) is 56.7. The average molecular weight is 935 g/mol. The highest BCUT2D eigenvalue weighted by atomic mass is 16.6. The van der Waals surface area contributed by atoms with E-state index in [0.717, 1.165) is 36.0 Å². The third kappa shape index (κ3) is 26.5. The molecule has 1 fully saturated rings. The fourth-order valence-corrected chi connectivity index (χ4v) is 7.41. The molecule has 374 valence electrons. The average Bonchev–Trinajstić information content (AvgIpc) is 3.18. The van der Waals surface area contributed by atoms with Gasteiger partial charge < -0.3 is 23.7 Å². The lowest BCUT2D eigenvalue weighted by atomic mass is 10.0. The molecule has 0 aliphatic carbocycles. The van der Waals surface area contributed by atoms with Crippen LogP contribution in [0.3, 0.4) is 0 Å². The topological polar surface area (TPSA) is 144 Å². The van der Waals surface area contributed by atoms with Crippen LogP contribution in [0.2, 0.25) is 0 Å². The standard InChI is InChI=1S/C53H82N4O10/c1-50(2,3)64-46(59)36-54-28-29-55(37-47(60)65-51(4,5)6)32-33-57(39-49(62)67-53(10,11)12)44(35-56(31-30-54)38-48(61)66-52(7,8)9)34-42-26-24-41(25-27-42)20-16-13-14-19-23-45(58)63-40-43-21-17-15-18-22-43/h15-18,20-22,24-27,44H,13-14,19,23,28-40H2,1-12H3/b20-16+/t44-/m0/s1. The van der Waals surface area contributed by atoms with E-state index in [1.807, 2.05) is 128 Å². The Hall–Kier alpha value is -4.63. The molecule has 1 aliphatic rings. The summed E-state index contributed by atoms with van der Waals surface area (Å²) in [7, 11) is 0. The first-order valence-electron chi connectivity index (χ1n) is 23.9. The fraction of sp³-hybridized carbons (Fsp3) is 0.642. The first-order valence-corrected chi connectivity index (χ1v) is 23.9. The minimum Gasteiger partial charge on any atom is -0.461 e. The van der Waals surface area contributed by atoms with Gasteiger partial charge in [0.15, 0.2) is 0 Å². The molecule has 1 atom stereocenters. The second-order valence-corrected chi connectivity index (χ2v) is 21.5. The second-order valence-electron chi connectivity index (χ2n) is 21.5. The van der Waals surface area contributed by atoms with Crippen LogP contribution in [0.15, 0.2) is 60.7 Å². The van der Waals surface area contributed by atoms with Gasteiger partial charge in [0, 0.05) is 58.3 Å². The molecule has 0 unspecified atom stereocenters. The Morgan fingerprint density at radius 2 is 0.970 bits per heavy atom. The predicted octanol–water partition coefficient (Wildman–Crippen LogP) is 7.50. The van der Waals surface area contributed by atoms with Gasteiger partial charge in [-0.25, -0.2) is 0 Å². The van der Waals surface area contributed by atoms with E-state index in [1.165, 1.54) is 0 Å². The monoisotopic (exact) mass is 935 g/mol. The van der Waals surface area contributed by atoms with Gasteiger partial charge >= 0.3 is 29.8 Å². The third-order valence-electron chi connectivity index (χ3n) is 10.2. The number of carbonyl (C=O) groups is 5. The van der Waals surface area contributed by atoms with Crippen LogP contribution in [0.25, 0.3) is 6.08 Å². The normalized spacial score (nSPS) is 17.0. The van der Waals surface area contributed by atoms with E-state index in [9.17, 15) is 24.0 Å². The molecule has 1 heterocycles. The third-order valence-corrected chi connectivity index (χ3v) is 10.2. The van der Waals surface area contributed by atoms with Crippen LogP contribution in [0, 0.1) is 0 Å². The molecule has 1 saturated heterocycles. The van der Waals surface area contributed by atoms with Crippen molar-refractivity contribution in [3.05, 3.63) is 77.4 Å². The lowest BCUT2D eigenvalue weighted by molar-refractivity contribution is -0.160. The van der Waals surface area contributed by atoms with Crippen molar-refractivity contribution in [2.45, 2.75) is 150 Å². The quantitative estimate of drug-likeness (QED) is 0.0827. The van der Waals surface area contributed by atoms with E-state index in [2.05, 4.69) is 41.3 Å². The Morgan fingerprint density at radius 3 is 1.46 bits per heavy atom. The Labute approximate surface area is 401 Å². The van der Waals surface area contributed by atoms with Crippen molar-refractivity contribution in [2.24, 2.45) is 0 Å². The van der Waals surface area contributed by atoms with Crippen molar-refractivity contribution in [1.29, 1.82) is 0 Å². The molecule has 14 heteroatoms. The highest BCUT2D eigenvalue weighted by Gasteiger charge is 2.31. The van der Waals surface area contributed by atoms with Gasteiger partial charge in [0.1, 0.15) is 29.0 Å². The molecule has 1 aliphatic heterocycles. The van der Waals surface area contributed by atoms with E-state index in [0.29, 0.717) is 58.7 Å². The van der Waals surface area contributed by atoms with Crippen LogP contribution in [-0.4, -0.2) is 150 Å². The lowest BCUT2D eigenvalue weighted by Crippen LogP contribution is -2.54. The maximum Gasteiger partial charge on any atom is 0.320 e. The number of benzene rings is 2. The van der Waals surface area contributed by atoms with Crippen LogP contribution in [0.5, 0.6) is 0 Å². The maximum atomic E-state index is 13.7. The largest absolute Gasteiger partial charge is 0.461 e. The molecule has 14 nitrogen and oxygen atoms in total. The molecule has 0 N–H and O–H groups in total. The zero-order valence-electron chi connectivity index (χ0n) is 42.8. The zero-order valence-corrected chi connectivity index (χ0v) is 42.8. The van der Waals surface area contributed by atoms with Gasteiger partial charge in [0.25, 0.3) is 0 Å². The van der Waals surface area contributed by atoms with Gasteiger partial charge in [-0.3, -0.25) is 43.6 Å². The number of ether oxygens (including phenoxy) is 5. The fourth-order valence-electron chi connectivity index (χ4n) is 7.41. The Bertz CT molecular complexity index is 1870. The van der Waals surface area contributed by atoms with E-state index in [1.54, 1.807) is 0 Å². The molecular formula is C53H82N4O10. The summed E-state index contributed by atoms with van der Waals surface area (Å²) in [5.41, 5.74) is 0.285. The number of rotatable bonds is 18. The molecule has 0 amide bonds. The van der Waals surface area contributed by atoms with Crippen LogP contribution in [-0.2, 0) is 60.7 Å². The number of unbranched alkanes of at least 4 members (excludes halogenated alkanes) is 2. The van der Waals surface area contributed by atoms with Gasteiger partial charge in [0.2, 0.25) is 0 Å². The van der Waals surface area contributed by atoms with Gasteiger partial charge in [-0.2, -0.15) is 0 Å². The second kappa shape index (κ2) is 26.8. The minimum atomic E-state index is -0.708. The number of hydrogen-bond donors (Lipinski definition) is 0. The maximum absolute atomic E-state index is 13.7. The molecule has 0 saturated carbocycles. The molecule has 2 aromatic rings. The SMILES string of the molecule is CC(C)(C)OC(=O)CN1CCN(CC(=O)OC(C)(C)C)CCN(CC(=O)OC(C)(C)C)[C@@H](Cc2ccc(/C=C/CCCCC(=O)OCc3ccccc3)cc2)CN(CC(=O)OC(C)(C)C)CC1. The first-order chi connectivity index (χ1) is 31.2. The molecule has 0 radical (unpaired) electrons. The molecular weight excluding hydrogens is 853 g/mol. The van der Waals surface area contributed by atoms with E-state index in [-0.39, 0.29) is 68.7 Å². The Morgan fingerprint density at radius 1 is 0.522 bits per heavy atom. The van der Waals surface area contributed by atoms with Crippen molar-refractivity contribution in [3.8, 4) is 0 Å². The Kier molecular flexibility index (Phi) is 22.7. The van der Waals surface area contributed by atoms with Crippen LogP contribution in [0.4, 0.5) is 0 Å². The van der Waals surface area contributed by atoms with Crippen molar-refractivity contribution < 1.29 is 47.7 Å². The molecule has 0 aromatic heterocycles. The van der Waals surface area contributed by atoms with Gasteiger partial charge in [0.05, 0.1) is 26.2 Å². The molecule has 0 bridgehead atoms. The summed E-state index contributed by atoms with van der Waals surface area (Å²) in [6, 6.07) is 17.7. The number of nitrogens with zero attached hydrogens (tertiary/aromatic N) is 4. The summed E-state index contributed by atoms with van der Waals surface area (Å²) in [6.45, 7) is 25.2. The number of allylic oxidation sites excluding steroid dienone is 1. The van der Waals surface area contributed by atoms with Gasteiger partial charge in [-0.05, 0) is 125 Å². The smallest absolute Gasteiger partial charge is 0.320 e. The lowest BCUT2D eigenvalue weighted by Gasteiger charge is -2.39. The molecule has 3 rings (SSSR count). The number of esters is 5. The summed E-state index contributed by atoms with van der Waals surface area (Å²) in [6.07, 6.45) is 7.52. The van der Waals surface area contributed by atoms with Crippen LogP contribution in [0.1, 0.15) is 125 Å². The predicted molar refractivity (Wildman–Crippen MR) is 262 cm³/mol. The van der Waals surface area contributed by atoms with Crippen molar-refractivity contribution in [3.63, 3.8) is 0 Å².